The molecule has 5 aromatic rings. The molecule has 32 heavy (non-hydrogen) atoms. The van der Waals surface area contributed by atoms with Crippen LogP contribution in [0.3, 0.4) is 0 Å². The van der Waals surface area contributed by atoms with E-state index in [2.05, 4.69) is 15.2 Å². The maximum absolute atomic E-state index is 12.3. The van der Waals surface area contributed by atoms with Crippen molar-refractivity contribution >= 4 is 16.9 Å². The molecule has 8 nitrogen and oxygen atoms in total. The van der Waals surface area contributed by atoms with Gasteiger partial charge in [-0.05, 0) is 43.7 Å². The molecule has 158 valence electrons. The molecule has 8 heteroatoms. The normalized spacial score (nSPS) is 11.3. The van der Waals surface area contributed by atoms with Gasteiger partial charge >= 0.3 is 0 Å². The highest BCUT2D eigenvalue weighted by Crippen LogP contribution is 2.40. The smallest absolute Gasteiger partial charge is 0.285 e. The van der Waals surface area contributed by atoms with Gasteiger partial charge in [-0.1, -0.05) is 24.3 Å². The lowest BCUT2D eigenvalue weighted by Crippen LogP contribution is -2.11. The van der Waals surface area contributed by atoms with E-state index in [1.165, 1.54) is 0 Å². The lowest BCUT2D eigenvalue weighted by Gasteiger charge is -2.11. The molecular formula is C24H20N6O2. The van der Waals surface area contributed by atoms with Crippen molar-refractivity contribution in [2.75, 3.05) is 0 Å². The first-order valence-electron chi connectivity index (χ1n) is 10.2. The van der Waals surface area contributed by atoms with Gasteiger partial charge in [0.2, 0.25) is 5.76 Å². The highest BCUT2D eigenvalue weighted by atomic mass is 16.3. The van der Waals surface area contributed by atoms with Gasteiger partial charge in [-0.3, -0.25) is 9.78 Å². The second-order valence-electron chi connectivity index (χ2n) is 7.65. The van der Waals surface area contributed by atoms with Gasteiger partial charge in [0.25, 0.3) is 5.91 Å². The molecule has 0 aliphatic heterocycles. The third kappa shape index (κ3) is 3.22. The van der Waals surface area contributed by atoms with Crippen molar-refractivity contribution in [1.82, 2.24) is 24.7 Å². The molecule has 0 unspecified atom stereocenters. The maximum Gasteiger partial charge on any atom is 0.285 e. The second kappa shape index (κ2) is 7.73. The monoisotopic (exact) mass is 424 g/mol. The van der Waals surface area contributed by atoms with Crippen LogP contribution in [0, 0.1) is 0 Å². The SMILES string of the molecule is CC(C)n1cnnc1-c1cccc(-c2c(C(N)=O)oc3cccc(-c4cccnc4)c23)n1. The molecule has 5 rings (SSSR count). The van der Waals surface area contributed by atoms with E-state index < -0.39 is 5.91 Å². The molecule has 1 amide bonds. The number of hydrogen-bond donors (Lipinski definition) is 1. The van der Waals surface area contributed by atoms with Crippen LogP contribution in [0.15, 0.2) is 71.7 Å². The Balaban J connectivity index is 1.78. The number of aromatic nitrogens is 5. The summed E-state index contributed by atoms with van der Waals surface area (Å²) in [6.45, 7) is 4.09. The van der Waals surface area contributed by atoms with Gasteiger partial charge < -0.3 is 14.7 Å². The fourth-order valence-electron chi connectivity index (χ4n) is 3.83. The van der Waals surface area contributed by atoms with Crippen LogP contribution in [-0.2, 0) is 0 Å². The van der Waals surface area contributed by atoms with Crippen molar-refractivity contribution in [3.63, 3.8) is 0 Å². The summed E-state index contributed by atoms with van der Waals surface area (Å²) >= 11 is 0. The summed E-state index contributed by atoms with van der Waals surface area (Å²) in [7, 11) is 0. The molecule has 4 heterocycles. The van der Waals surface area contributed by atoms with Gasteiger partial charge in [0.15, 0.2) is 5.82 Å². The Morgan fingerprint density at radius 2 is 1.88 bits per heavy atom. The van der Waals surface area contributed by atoms with E-state index in [-0.39, 0.29) is 11.8 Å². The van der Waals surface area contributed by atoms with Gasteiger partial charge in [-0.25, -0.2) is 4.98 Å². The number of rotatable bonds is 5. The number of hydrogen-bond acceptors (Lipinski definition) is 6. The number of primary amides is 1. The summed E-state index contributed by atoms with van der Waals surface area (Å²) in [5.41, 5.74) is 9.76. The Morgan fingerprint density at radius 1 is 1.06 bits per heavy atom. The van der Waals surface area contributed by atoms with Crippen LogP contribution in [0.4, 0.5) is 0 Å². The number of amides is 1. The van der Waals surface area contributed by atoms with Crippen LogP contribution in [0.1, 0.15) is 30.4 Å². The summed E-state index contributed by atoms with van der Waals surface area (Å²) in [6, 6.07) is 15.2. The molecule has 0 atom stereocenters. The number of benzene rings is 1. The Kier molecular flexibility index (Phi) is 4.74. The number of pyridine rings is 2. The number of carbonyl (C=O) groups is 1. The molecule has 0 radical (unpaired) electrons. The molecule has 4 aromatic heterocycles. The standard InChI is InChI=1S/C24H20N6O2/c1-14(2)30-13-27-29-24(30)18-9-4-8-17(28-18)21-20-16(15-6-5-11-26-12-15)7-3-10-19(20)32-22(21)23(25)31/h3-14H,1-2H3,(H2,25,31). The van der Waals surface area contributed by atoms with E-state index in [1.807, 2.05) is 66.9 Å². The van der Waals surface area contributed by atoms with Crippen molar-refractivity contribution in [1.29, 1.82) is 0 Å². The van der Waals surface area contributed by atoms with Crippen LogP contribution in [-0.4, -0.2) is 30.6 Å². The zero-order chi connectivity index (χ0) is 22.2. The summed E-state index contributed by atoms with van der Waals surface area (Å²) in [4.78, 5) is 21.4. The minimum Gasteiger partial charge on any atom is -0.450 e. The van der Waals surface area contributed by atoms with Gasteiger partial charge in [0, 0.05) is 29.4 Å². The number of carbonyl (C=O) groups excluding carboxylic acids is 1. The average Bonchev–Trinajstić information content (AvgIpc) is 3.45. The Bertz CT molecular complexity index is 1440. The zero-order valence-electron chi connectivity index (χ0n) is 17.6. The molecule has 2 N–H and O–H groups in total. The highest BCUT2D eigenvalue weighted by Gasteiger charge is 2.24. The quantitative estimate of drug-likeness (QED) is 0.445. The van der Waals surface area contributed by atoms with Gasteiger partial charge in [-0.2, -0.15) is 0 Å². The van der Waals surface area contributed by atoms with Gasteiger partial charge in [0.05, 0.1) is 11.3 Å². The minimum atomic E-state index is -0.661. The van der Waals surface area contributed by atoms with Gasteiger partial charge in [0.1, 0.15) is 17.6 Å². The summed E-state index contributed by atoms with van der Waals surface area (Å²) in [5.74, 6) is 0.0416. The van der Waals surface area contributed by atoms with Crippen molar-refractivity contribution in [2.24, 2.45) is 5.73 Å². The van der Waals surface area contributed by atoms with Crippen LogP contribution in [0.25, 0.3) is 44.9 Å². The summed E-state index contributed by atoms with van der Waals surface area (Å²) < 4.78 is 7.84. The number of nitrogens with zero attached hydrogens (tertiary/aromatic N) is 5. The Morgan fingerprint density at radius 3 is 2.62 bits per heavy atom. The van der Waals surface area contributed by atoms with Crippen LogP contribution < -0.4 is 5.73 Å². The number of fused-ring (bicyclic) bond motifs is 1. The largest absolute Gasteiger partial charge is 0.450 e. The van der Waals surface area contributed by atoms with Crippen LogP contribution in [0.2, 0.25) is 0 Å². The number of furan rings is 1. The van der Waals surface area contributed by atoms with E-state index in [0.717, 1.165) is 16.5 Å². The van der Waals surface area contributed by atoms with E-state index in [9.17, 15) is 4.79 Å². The van der Waals surface area contributed by atoms with Gasteiger partial charge in [-0.15, -0.1) is 10.2 Å². The first-order valence-corrected chi connectivity index (χ1v) is 10.2. The van der Waals surface area contributed by atoms with Crippen molar-refractivity contribution in [3.05, 3.63) is 73.0 Å². The van der Waals surface area contributed by atoms with Crippen LogP contribution >= 0.6 is 0 Å². The highest BCUT2D eigenvalue weighted by molar-refractivity contribution is 6.12. The summed E-state index contributed by atoms with van der Waals surface area (Å²) in [5, 5.41) is 9.03. The number of nitrogens with two attached hydrogens (primary N) is 1. The molecule has 0 saturated heterocycles. The van der Waals surface area contributed by atoms with E-state index >= 15 is 0 Å². The summed E-state index contributed by atoms with van der Waals surface area (Å²) in [6.07, 6.45) is 5.16. The first-order chi connectivity index (χ1) is 15.5. The maximum atomic E-state index is 12.3. The Hall–Kier alpha value is -4.33. The van der Waals surface area contributed by atoms with E-state index in [0.29, 0.717) is 28.4 Å². The van der Waals surface area contributed by atoms with Crippen molar-refractivity contribution in [2.45, 2.75) is 19.9 Å². The fourth-order valence-corrected chi connectivity index (χ4v) is 3.83. The molecule has 0 spiro atoms. The molecular weight excluding hydrogens is 404 g/mol. The molecule has 0 aliphatic carbocycles. The third-order valence-corrected chi connectivity index (χ3v) is 5.28. The average molecular weight is 424 g/mol. The van der Waals surface area contributed by atoms with Crippen LogP contribution in [0.5, 0.6) is 0 Å². The Labute approximate surface area is 183 Å². The molecule has 0 aliphatic rings. The van der Waals surface area contributed by atoms with E-state index in [4.69, 9.17) is 15.1 Å². The second-order valence-corrected chi connectivity index (χ2v) is 7.65. The lowest BCUT2D eigenvalue weighted by molar-refractivity contribution is 0.0977. The predicted molar refractivity (Wildman–Crippen MR) is 121 cm³/mol. The van der Waals surface area contributed by atoms with E-state index in [1.54, 1.807) is 18.7 Å². The molecule has 0 bridgehead atoms. The molecule has 0 fully saturated rings. The lowest BCUT2D eigenvalue weighted by atomic mass is 9.97. The predicted octanol–water partition coefficient (Wildman–Crippen LogP) is 4.50. The molecule has 0 saturated carbocycles. The molecule has 1 aromatic carbocycles. The zero-order valence-corrected chi connectivity index (χ0v) is 17.6. The van der Waals surface area contributed by atoms with Crippen molar-refractivity contribution < 1.29 is 9.21 Å². The topological polar surface area (TPSA) is 113 Å². The fraction of sp³-hybridized carbons (Fsp3) is 0.125. The van der Waals surface area contributed by atoms with Crippen molar-refractivity contribution in [3.8, 4) is 33.9 Å². The minimum absolute atomic E-state index is 0.0614. The first kappa shape index (κ1) is 19.6. The third-order valence-electron chi connectivity index (χ3n) is 5.28.